The Morgan fingerprint density at radius 1 is 1.35 bits per heavy atom. The smallest absolute Gasteiger partial charge is 0.253 e. The molecule has 0 heterocycles. The lowest BCUT2D eigenvalue weighted by Gasteiger charge is -2.18. The van der Waals surface area contributed by atoms with Crippen LogP contribution in [-0.2, 0) is 10.0 Å². The summed E-state index contributed by atoms with van der Waals surface area (Å²) in [6.45, 7) is 5.78. The number of benzene rings is 1. The number of hydrogen-bond acceptors (Lipinski definition) is 3. The molecule has 5 nitrogen and oxygen atoms in total. The van der Waals surface area contributed by atoms with E-state index in [0.717, 1.165) is 0 Å². The number of nitrogens with two attached hydrogens (primary N) is 1. The van der Waals surface area contributed by atoms with Gasteiger partial charge in [-0.25, -0.2) is 13.6 Å². The maximum atomic E-state index is 12.1. The molecule has 0 saturated carbocycles. The maximum Gasteiger partial charge on any atom is 0.253 e. The molecule has 1 aromatic rings. The quantitative estimate of drug-likeness (QED) is 0.837. The number of halogens is 2. The Morgan fingerprint density at radius 3 is 2.35 bits per heavy atom. The lowest BCUT2D eigenvalue weighted by atomic mass is 10.1. The van der Waals surface area contributed by atoms with Crippen LogP contribution < -0.4 is 10.5 Å². The van der Waals surface area contributed by atoms with Crippen LogP contribution in [0, 0.1) is 5.92 Å². The number of sulfonamides is 1. The number of carbonyl (C=O) groups is 1. The number of amides is 1. The van der Waals surface area contributed by atoms with Gasteiger partial charge in [0.05, 0.1) is 15.5 Å². The second-order valence-electron chi connectivity index (χ2n) is 4.81. The van der Waals surface area contributed by atoms with Crippen molar-refractivity contribution in [2.24, 2.45) is 11.1 Å². The van der Waals surface area contributed by atoms with Crippen LogP contribution in [0.25, 0.3) is 0 Å². The van der Waals surface area contributed by atoms with Crippen LogP contribution in [0.5, 0.6) is 0 Å². The van der Waals surface area contributed by atoms with Crippen molar-refractivity contribution >= 4 is 43.5 Å². The molecule has 1 unspecified atom stereocenters. The highest BCUT2D eigenvalue weighted by atomic mass is 79.9. The molecule has 1 amide bonds. The van der Waals surface area contributed by atoms with Gasteiger partial charge in [-0.3, -0.25) is 4.79 Å². The topological polar surface area (TPSA) is 89.3 Å². The van der Waals surface area contributed by atoms with Crippen LogP contribution in [0.1, 0.15) is 31.1 Å². The molecule has 0 aliphatic carbocycles. The average molecular weight is 384 g/mol. The van der Waals surface area contributed by atoms with E-state index in [-0.39, 0.29) is 31.9 Å². The van der Waals surface area contributed by atoms with E-state index in [1.807, 2.05) is 20.8 Å². The van der Waals surface area contributed by atoms with E-state index >= 15 is 0 Å². The van der Waals surface area contributed by atoms with Crippen LogP contribution in [0.2, 0.25) is 5.02 Å². The Kier molecular flexibility index (Phi) is 5.60. The predicted molar refractivity (Wildman–Crippen MR) is 82.3 cm³/mol. The van der Waals surface area contributed by atoms with E-state index < -0.39 is 15.9 Å². The van der Waals surface area contributed by atoms with Crippen molar-refractivity contribution in [3.8, 4) is 0 Å². The molecule has 1 rings (SSSR count). The van der Waals surface area contributed by atoms with Crippen LogP contribution in [-0.4, -0.2) is 20.4 Å². The van der Waals surface area contributed by atoms with E-state index in [2.05, 4.69) is 21.2 Å². The van der Waals surface area contributed by atoms with Gasteiger partial charge in [0.2, 0.25) is 10.0 Å². The summed E-state index contributed by atoms with van der Waals surface area (Å²) in [6.07, 6.45) is 0. The van der Waals surface area contributed by atoms with E-state index in [0.29, 0.717) is 0 Å². The Bertz CT molecular complexity index is 632. The third-order valence-electron chi connectivity index (χ3n) is 2.93. The number of nitrogens with one attached hydrogen (secondary N) is 1. The summed E-state index contributed by atoms with van der Waals surface area (Å²) in [6, 6.07) is 2.44. The van der Waals surface area contributed by atoms with Gasteiger partial charge in [0.15, 0.2) is 0 Å². The van der Waals surface area contributed by atoms with Crippen molar-refractivity contribution < 1.29 is 13.2 Å². The van der Waals surface area contributed by atoms with Crippen molar-refractivity contribution in [2.75, 3.05) is 0 Å². The summed E-state index contributed by atoms with van der Waals surface area (Å²) < 4.78 is 23.1. The Morgan fingerprint density at radius 2 is 1.90 bits per heavy atom. The molecule has 0 aliphatic rings. The molecule has 1 atom stereocenters. The average Bonchev–Trinajstić information content (AvgIpc) is 2.26. The maximum absolute atomic E-state index is 12.1. The first kappa shape index (κ1) is 17.4. The number of hydrogen-bond donors (Lipinski definition) is 2. The van der Waals surface area contributed by atoms with E-state index in [1.165, 1.54) is 12.1 Å². The van der Waals surface area contributed by atoms with Gasteiger partial charge in [0.25, 0.3) is 5.91 Å². The standard InChI is InChI=1S/C12H16BrClN2O3S/c1-6(2)7(3)16-12(17)8-4-11(20(15,18)19)9(13)5-10(8)14/h4-7H,1-3H3,(H,16,17)(H2,15,18,19). The lowest BCUT2D eigenvalue weighted by Crippen LogP contribution is -2.36. The van der Waals surface area contributed by atoms with Crippen molar-refractivity contribution in [2.45, 2.75) is 31.7 Å². The minimum atomic E-state index is -3.94. The highest BCUT2D eigenvalue weighted by Crippen LogP contribution is 2.28. The molecule has 0 aromatic heterocycles. The van der Waals surface area contributed by atoms with Gasteiger partial charge in [-0.05, 0) is 40.9 Å². The summed E-state index contributed by atoms with van der Waals surface area (Å²) in [5.74, 6) is -0.195. The zero-order valence-electron chi connectivity index (χ0n) is 11.3. The zero-order valence-corrected chi connectivity index (χ0v) is 14.4. The van der Waals surface area contributed by atoms with Crippen molar-refractivity contribution in [1.82, 2.24) is 5.32 Å². The van der Waals surface area contributed by atoms with Crippen molar-refractivity contribution in [3.63, 3.8) is 0 Å². The minimum Gasteiger partial charge on any atom is -0.349 e. The molecule has 112 valence electrons. The highest BCUT2D eigenvalue weighted by molar-refractivity contribution is 9.10. The molecule has 20 heavy (non-hydrogen) atoms. The zero-order chi connectivity index (χ0) is 15.7. The molecule has 0 spiro atoms. The SMILES string of the molecule is CC(C)C(C)NC(=O)c1cc(S(N)(=O)=O)c(Br)cc1Cl. The molecule has 8 heteroatoms. The Labute approximate surface area is 132 Å². The number of carbonyl (C=O) groups excluding carboxylic acids is 1. The lowest BCUT2D eigenvalue weighted by molar-refractivity contribution is 0.0930. The fourth-order valence-electron chi connectivity index (χ4n) is 1.37. The molecule has 0 bridgehead atoms. The molecule has 0 fully saturated rings. The normalized spacial score (nSPS) is 13.3. The molecule has 0 saturated heterocycles. The van der Waals surface area contributed by atoms with E-state index in [4.69, 9.17) is 16.7 Å². The molecule has 0 radical (unpaired) electrons. The number of primary sulfonamides is 1. The van der Waals surface area contributed by atoms with Crippen LogP contribution in [0.3, 0.4) is 0 Å². The van der Waals surface area contributed by atoms with Gasteiger partial charge < -0.3 is 5.32 Å². The van der Waals surface area contributed by atoms with Gasteiger partial charge in [-0.2, -0.15) is 0 Å². The molecule has 1 aromatic carbocycles. The monoisotopic (exact) mass is 382 g/mol. The van der Waals surface area contributed by atoms with Gasteiger partial charge >= 0.3 is 0 Å². The first-order valence-corrected chi connectivity index (χ1v) is 8.58. The van der Waals surface area contributed by atoms with E-state index in [9.17, 15) is 13.2 Å². The highest BCUT2D eigenvalue weighted by Gasteiger charge is 2.21. The Balaban J connectivity index is 3.22. The second-order valence-corrected chi connectivity index (χ2v) is 7.61. The first-order valence-electron chi connectivity index (χ1n) is 5.86. The minimum absolute atomic E-state index is 0.0693. The summed E-state index contributed by atoms with van der Waals surface area (Å²) in [5, 5.41) is 8.00. The molecule has 3 N–H and O–H groups in total. The van der Waals surface area contributed by atoms with Crippen LogP contribution in [0.15, 0.2) is 21.5 Å². The summed E-state index contributed by atoms with van der Waals surface area (Å²) in [5.41, 5.74) is 0.0754. The molecular formula is C12H16BrClN2O3S. The number of rotatable bonds is 4. The van der Waals surface area contributed by atoms with Crippen molar-refractivity contribution in [3.05, 3.63) is 27.2 Å². The van der Waals surface area contributed by atoms with Crippen molar-refractivity contribution in [1.29, 1.82) is 0 Å². The predicted octanol–water partition coefficient (Wildman–Crippen LogP) is 2.52. The fraction of sp³-hybridized carbons (Fsp3) is 0.417. The van der Waals surface area contributed by atoms with Crippen LogP contribution in [0.4, 0.5) is 0 Å². The van der Waals surface area contributed by atoms with E-state index in [1.54, 1.807) is 0 Å². The summed E-state index contributed by atoms with van der Waals surface area (Å²) >= 11 is 9.05. The summed E-state index contributed by atoms with van der Waals surface area (Å²) in [4.78, 5) is 11.9. The Hall–Kier alpha value is -0.630. The van der Waals surface area contributed by atoms with Gasteiger partial charge in [0, 0.05) is 10.5 Å². The summed E-state index contributed by atoms with van der Waals surface area (Å²) in [7, 11) is -3.94. The van der Waals surface area contributed by atoms with Gasteiger partial charge in [-0.1, -0.05) is 25.4 Å². The third-order valence-corrected chi connectivity index (χ3v) is 5.11. The molecular weight excluding hydrogens is 368 g/mol. The largest absolute Gasteiger partial charge is 0.349 e. The first-order chi connectivity index (χ1) is 9.04. The van der Waals surface area contributed by atoms with Crippen LogP contribution >= 0.6 is 27.5 Å². The fourth-order valence-corrected chi connectivity index (χ4v) is 3.39. The third kappa shape index (κ3) is 4.18. The van der Waals surface area contributed by atoms with Gasteiger partial charge in [-0.15, -0.1) is 0 Å². The van der Waals surface area contributed by atoms with Gasteiger partial charge in [0.1, 0.15) is 0 Å². The second kappa shape index (κ2) is 6.43. The molecule has 0 aliphatic heterocycles.